The fourth-order valence-corrected chi connectivity index (χ4v) is 4.05. The lowest BCUT2D eigenvalue weighted by atomic mass is 9.95. The van der Waals surface area contributed by atoms with Gasteiger partial charge >= 0.3 is 0 Å². The average Bonchev–Trinajstić information content (AvgIpc) is 3.26. The summed E-state index contributed by atoms with van der Waals surface area (Å²) >= 11 is 0. The molecule has 3 fully saturated rings. The average molecular weight is 450 g/mol. The summed E-state index contributed by atoms with van der Waals surface area (Å²) in [5.74, 6) is 2.46. The Labute approximate surface area is 162 Å². The molecule has 1 amide bonds. The number of hydrogen-bond donors (Lipinski definition) is 2. The molecule has 0 aromatic rings. The van der Waals surface area contributed by atoms with Crippen LogP contribution in [0.4, 0.5) is 0 Å². The number of rotatable bonds is 5. The topological polar surface area (TPSA) is 66.0 Å². The van der Waals surface area contributed by atoms with Crippen LogP contribution in [0.15, 0.2) is 4.99 Å². The van der Waals surface area contributed by atoms with Crippen molar-refractivity contribution in [1.29, 1.82) is 0 Å². The van der Waals surface area contributed by atoms with E-state index in [1.54, 1.807) is 19.0 Å². The minimum Gasteiger partial charge on any atom is -0.376 e. The quantitative estimate of drug-likeness (QED) is 0.380. The highest BCUT2D eigenvalue weighted by Crippen LogP contribution is 2.44. The molecule has 24 heavy (non-hydrogen) atoms. The number of guanidine groups is 1. The number of likely N-dealkylation sites (N-methyl/N-ethyl adjacent to an activating group) is 1. The van der Waals surface area contributed by atoms with E-state index in [9.17, 15) is 4.79 Å². The molecular weight excluding hydrogens is 419 g/mol. The lowest BCUT2D eigenvalue weighted by Gasteiger charge is -2.26. The third-order valence-electron chi connectivity index (χ3n) is 5.45. The molecule has 1 saturated heterocycles. The maximum absolute atomic E-state index is 11.8. The number of halogens is 1. The molecule has 2 bridgehead atoms. The van der Waals surface area contributed by atoms with Crippen LogP contribution < -0.4 is 10.6 Å². The van der Waals surface area contributed by atoms with Crippen molar-refractivity contribution < 1.29 is 9.53 Å². The molecule has 1 aliphatic heterocycles. The van der Waals surface area contributed by atoms with Crippen molar-refractivity contribution in [3.05, 3.63) is 0 Å². The molecule has 4 unspecified atom stereocenters. The first-order valence-corrected chi connectivity index (χ1v) is 8.98. The zero-order valence-electron chi connectivity index (χ0n) is 14.8. The Kier molecular flexibility index (Phi) is 7.59. The second kappa shape index (κ2) is 9.22. The molecule has 0 spiro atoms. The molecule has 7 heteroatoms. The molecule has 3 aliphatic rings. The first-order valence-electron chi connectivity index (χ1n) is 8.98. The van der Waals surface area contributed by atoms with E-state index in [2.05, 4.69) is 15.6 Å². The van der Waals surface area contributed by atoms with Crippen LogP contribution >= 0.6 is 24.0 Å². The van der Waals surface area contributed by atoms with E-state index in [0.29, 0.717) is 6.04 Å². The zero-order valence-corrected chi connectivity index (χ0v) is 17.1. The van der Waals surface area contributed by atoms with Crippen molar-refractivity contribution >= 4 is 35.8 Å². The van der Waals surface area contributed by atoms with E-state index in [1.807, 2.05) is 0 Å². The SMILES string of the molecule is CN(C)C(=O)CN=C(NCC1CCCO1)NC1CC2CCC1C2.I. The molecule has 6 nitrogen and oxygen atoms in total. The summed E-state index contributed by atoms with van der Waals surface area (Å²) in [7, 11) is 3.53. The summed E-state index contributed by atoms with van der Waals surface area (Å²) < 4.78 is 5.67. The number of carbonyl (C=O) groups is 1. The maximum atomic E-state index is 11.8. The summed E-state index contributed by atoms with van der Waals surface area (Å²) in [5, 5.41) is 6.96. The molecule has 4 atom stereocenters. The Bertz CT molecular complexity index is 452. The number of aliphatic imine (C=N–C) groups is 1. The van der Waals surface area contributed by atoms with Crippen LogP contribution in [0.2, 0.25) is 0 Å². The third kappa shape index (κ3) is 5.21. The number of amides is 1. The van der Waals surface area contributed by atoms with E-state index in [-0.39, 0.29) is 42.5 Å². The summed E-state index contributed by atoms with van der Waals surface area (Å²) in [6.07, 6.45) is 7.82. The largest absolute Gasteiger partial charge is 0.376 e. The molecule has 138 valence electrons. The summed E-state index contributed by atoms with van der Waals surface area (Å²) in [6.45, 7) is 1.81. The highest BCUT2D eigenvalue weighted by Gasteiger charge is 2.39. The van der Waals surface area contributed by atoms with Gasteiger partial charge < -0.3 is 20.3 Å². The van der Waals surface area contributed by atoms with Crippen LogP contribution in [0.1, 0.15) is 38.5 Å². The molecule has 0 aromatic heterocycles. The second-order valence-electron chi connectivity index (χ2n) is 7.39. The number of fused-ring (bicyclic) bond motifs is 2. The van der Waals surface area contributed by atoms with Gasteiger partial charge in [-0.15, -0.1) is 24.0 Å². The minimum atomic E-state index is 0. The standard InChI is InChI=1S/C17H30N4O2.HI/c1-21(2)16(22)11-19-17(18-10-14-4-3-7-23-14)20-15-9-12-5-6-13(15)8-12;/h12-15H,3-11H2,1-2H3,(H2,18,19,20);1H. The van der Waals surface area contributed by atoms with Crippen LogP contribution in [0.25, 0.3) is 0 Å². The highest BCUT2D eigenvalue weighted by molar-refractivity contribution is 14.0. The van der Waals surface area contributed by atoms with Crippen molar-refractivity contribution in [3.63, 3.8) is 0 Å². The number of hydrogen-bond acceptors (Lipinski definition) is 3. The zero-order chi connectivity index (χ0) is 16.2. The second-order valence-corrected chi connectivity index (χ2v) is 7.39. The number of ether oxygens (including phenoxy) is 1. The van der Waals surface area contributed by atoms with E-state index >= 15 is 0 Å². The van der Waals surface area contributed by atoms with Crippen LogP contribution in [0, 0.1) is 11.8 Å². The van der Waals surface area contributed by atoms with Crippen molar-refractivity contribution in [2.45, 2.75) is 50.7 Å². The van der Waals surface area contributed by atoms with Crippen molar-refractivity contribution in [2.24, 2.45) is 16.8 Å². The lowest BCUT2D eigenvalue weighted by Crippen LogP contribution is -2.47. The van der Waals surface area contributed by atoms with Gasteiger partial charge in [-0.2, -0.15) is 0 Å². The summed E-state index contributed by atoms with van der Waals surface area (Å²) in [6, 6.07) is 0.513. The van der Waals surface area contributed by atoms with Gasteiger partial charge in [-0.25, -0.2) is 4.99 Å². The van der Waals surface area contributed by atoms with Crippen molar-refractivity contribution in [1.82, 2.24) is 15.5 Å². The van der Waals surface area contributed by atoms with Gasteiger partial charge in [0.25, 0.3) is 0 Å². The van der Waals surface area contributed by atoms with E-state index in [1.165, 1.54) is 25.7 Å². The van der Waals surface area contributed by atoms with Crippen molar-refractivity contribution in [2.75, 3.05) is 33.8 Å². The first-order chi connectivity index (χ1) is 11.1. The number of carbonyl (C=O) groups excluding carboxylic acids is 1. The molecule has 3 rings (SSSR count). The fraction of sp³-hybridized carbons (Fsp3) is 0.882. The first kappa shape index (κ1) is 19.8. The van der Waals surface area contributed by atoms with Gasteiger partial charge in [-0.3, -0.25) is 4.79 Å². The molecule has 0 radical (unpaired) electrons. The monoisotopic (exact) mass is 450 g/mol. The van der Waals surface area contributed by atoms with Gasteiger partial charge in [0.05, 0.1) is 6.10 Å². The summed E-state index contributed by atoms with van der Waals surface area (Å²) in [5.41, 5.74) is 0. The Morgan fingerprint density at radius 2 is 2.08 bits per heavy atom. The molecule has 1 heterocycles. The van der Waals surface area contributed by atoms with Crippen molar-refractivity contribution in [3.8, 4) is 0 Å². The predicted octanol–water partition coefficient (Wildman–Crippen LogP) is 1.60. The van der Waals surface area contributed by atoms with Gasteiger partial charge in [-0.05, 0) is 43.9 Å². The van der Waals surface area contributed by atoms with Crippen LogP contribution in [0.5, 0.6) is 0 Å². The number of nitrogens with one attached hydrogen (secondary N) is 2. The molecule has 2 N–H and O–H groups in total. The normalized spacial score (nSPS) is 31.7. The molecule has 2 saturated carbocycles. The highest BCUT2D eigenvalue weighted by atomic mass is 127. The molecule has 0 aromatic carbocycles. The minimum absolute atomic E-state index is 0. The van der Waals surface area contributed by atoms with Crippen LogP contribution in [-0.4, -0.2) is 62.7 Å². The Morgan fingerprint density at radius 1 is 1.25 bits per heavy atom. The third-order valence-corrected chi connectivity index (χ3v) is 5.45. The number of nitrogens with zero attached hydrogens (tertiary/aromatic N) is 2. The van der Waals surface area contributed by atoms with Crippen LogP contribution in [-0.2, 0) is 9.53 Å². The van der Waals surface area contributed by atoms with E-state index in [0.717, 1.165) is 43.8 Å². The van der Waals surface area contributed by atoms with Gasteiger partial charge in [-0.1, -0.05) is 6.42 Å². The molecular formula is C17H31IN4O2. The lowest BCUT2D eigenvalue weighted by molar-refractivity contribution is -0.127. The van der Waals surface area contributed by atoms with E-state index < -0.39 is 0 Å². The Morgan fingerprint density at radius 3 is 2.67 bits per heavy atom. The predicted molar refractivity (Wildman–Crippen MR) is 106 cm³/mol. The van der Waals surface area contributed by atoms with E-state index in [4.69, 9.17) is 4.74 Å². The van der Waals surface area contributed by atoms with Gasteiger partial charge in [0.15, 0.2) is 5.96 Å². The van der Waals surface area contributed by atoms with Gasteiger partial charge in [0.1, 0.15) is 6.54 Å². The Balaban J connectivity index is 0.00000208. The summed E-state index contributed by atoms with van der Waals surface area (Å²) in [4.78, 5) is 17.9. The van der Waals surface area contributed by atoms with Crippen LogP contribution in [0.3, 0.4) is 0 Å². The smallest absolute Gasteiger partial charge is 0.243 e. The maximum Gasteiger partial charge on any atom is 0.243 e. The van der Waals surface area contributed by atoms with Gasteiger partial charge in [0.2, 0.25) is 5.91 Å². The fourth-order valence-electron chi connectivity index (χ4n) is 4.05. The van der Waals surface area contributed by atoms with Gasteiger partial charge in [0, 0.05) is 33.3 Å². The molecule has 2 aliphatic carbocycles. The Hall–Kier alpha value is -0.570.